The molecule has 0 spiro atoms. The molecule has 0 amide bonds. The van der Waals surface area contributed by atoms with Crippen LogP contribution in [0.15, 0.2) is 35.1 Å². The van der Waals surface area contributed by atoms with Crippen LogP contribution in [0.2, 0.25) is 0 Å². The average molecular weight is 335 g/mol. The summed E-state index contributed by atoms with van der Waals surface area (Å²) in [6.07, 6.45) is 0. The molecule has 0 aliphatic rings. The van der Waals surface area contributed by atoms with Crippen molar-refractivity contribution in [1.82, 2.24) is 9.38 Å². The van der Waals surface area contributed by atoms with Gasteiger partial charge < -0.3 is 4.90 Å². The SMILES string of the molecule is CCN(Cc1cc(=O)n2c(F)c(C)sc2n1)c1ccc(F)cc1. The van der Waals surface area contributed by atoms with Gasteiger partial charge in [-0.25, -0.2) is 13.8 Å². The maximum Gasteiger partial charge on any atom is 0.261 e. The maximum atomic E-state index is 13.9. The summed E-state index contributed by atoms with van der Waals surface area (Å²) in [6, 6.07) is 7.48. The highest BCUT2D eigenvalue weighted by Gasteiger charge is 2.14. The van der Waals surface area contributed by atoms with E-state index in [2.05, 4.69) is 4.98 Å². The van der Waals surface area contributed by atoms with E-state index in [1.165, 1.54) is 18.2 Å². The minimum Gasteiger partial charge on any atom is -0.366 e. The third kappa shape index (κ3) is 2.96. The number of aromatic nitrogens is 2. The number of hydrogen-bond donors (Lipinski definition) is 0. The molecule has 0 aliphatic heterocycles. The molecule has 2 heterocycles. The topological polar surface area (TPSA) is 37.6 Å². The van der Waals surface area contributed by atoms with Gasteiger partial charge >= 0.3 is 0 Å². The smallest absolute Gasteiger partial charge is 0.261 e. The van der Waals surface area contributed by atoms with Gasteiger partial charge in [0.25, 0.3) is 5.56 Å². The Kier molecular flexibility index (Phi) is 4.12. The molecule has 0 fully saturated rings. The fraction of sp³-hybridized carbons (Fsp3) is 0.250. The molecule has 7 heteroatoms. The lowest BCUT2D eigenvalue weighted by atomic mass is 10.2. The van der Waals surface area contributed by atoms with Crippen LogP contribution in [0.1, 0.15) is 17.5 Å². The van der Waals surface area contributed by atoms with Crippen LogP contribution in [-0.2, 0) is 6.54 Å². The van der Waals surface area contributed by atoms with Gasteiger partial charge in [-0.15, -0.1) is 0 Å². The van der Waals surface area contributed by atoms with Crippen LogP contribution in [0.3, 0.4) is 0 Å². The Morgan fingerprint density at radius 2 is 1.96 bits per heavy atom. The van der Waals surface area contributed by atoms with Crippen molar-refractivity contribution in [1.29, 1.82) is 0 Å². The van der Waals surface area contributed by atoms with Gasteiger partial charge in [0, 0.05) is 18.3 Å². The average Bonchev–Trinajstić information content (AvgIpc) is 2.81. The van der Waals surface area contributed by atoms with Crippen LogP contribution in [0.25, 0.3) is 4.96 Å². The van der Waals surface area contributed by atoms with Crippen molar-refractivity contribution in [2.45, 2.75) is 20.4 Å². The zero-order valence-electron chi connectivity index (χ0n) is 12.7. The quantitative estimate of drug-likeness (QED) is 0.734. The monoisotopic (exact) mass is 335 g/mol. The summed E-state index contributed by atoms with van der Waals surface area (Å²) in [5.41, 5.74) is 0.967. The lowest BCUT2D eigenvalue weighted by molar-refractivity contribution is 0.559. The van der Waals surface area contributed by atoms with Gasteiger partial charge in [0.1, 0.15) is 5.82 Å². The Hall–Kier alpha value is -2.28. The Bertz CT molecular complexity index is 902. The lowest BCUT2D eigenvalue weighted by Gasteiger charge is -2.22. The van der Waals surface area contributed by atoms with Crippen LogP contribution in [0.5, 0.6) is 0 Å². The molecule has 3 rings (SSSR count). The van der Waals surface area contributed by atoms with Gasteiger partial charge in [-0.1, -0.05) is 11.3 Å². The number of thiazole rings is 1. The van der Waals surface area contributed by atoms with E-state index in [1.54, 1.807) is 19.1 Å². The van der Waals surface area contributed by atoms with Gasteiger partial charge in [0.15, 0.2) is 4.96 Å². The van der Waals surface area contributed by atoms with Gasteiger partial charge in [0.05, 0.1) is 17.1 Å². The lowest BCUT2D eigenvalue weighted by Crippen LogP contribution is -2.25. The normalized spacial score (nSPS) is 11.1. The van der Waals surface area contributed by atoms with Crippen molar-refractivity contribution >= 4 is 22.0 Å². The molecule has 0 unspecified atom stereocenters. The minimum absolute atomic E-state index is 0.299. The van der Waals surface area contributed by atoms with Crippen LogP contribution in [-0.4, -0.2) is 15.9 Å². The molecule has 23 heavy (non-hydrogen) atoms. The minimum atomic E-state index is -0.556. The number of benzene rings is 1. The molecule has 0 atom stereocenters. The third-order valence-corrected chi connectivity index (χ3v) is 4.53. The summed E-state index contributed by atoms with van der Waals surface area (Å²) >= 11 is 1.15. The molecule has 0 saturated carbocycles. The Balaban J connectivity index is 1.96. The Labute approximate surface area is 135 Å². The number of anilines is 1. The van der Waals surface area contributed by atoms with Crippen LogP contribution in [0.4, 0.5) is 14.5 Å². The maximum absolute atomic E-state index is 13.9. The second-order valence-corrected chi connectivity index (χ2v) is 6.32. The summed E-state index contributed by atoms with van der Waals surface area (Å²) in [5, 5.41) is 0. The number of hydrogen-bond acceptors (Lipinski definition) is 4. The van der Waals surface area contributed by atoms with E-state index >= 15 is 0 Å². The third-order valence-electron chi connectivity index (χ3n) is 3.60. The Morgan fingerprint density at radius 1 is 1.26 bits per heavy atom. The molecule has 120 valence electrons. The second kappa shape index (κ2) is 6.08. The fourth-order valence-corrected chi connectivity index (χ4v) is 3.28. The van der Waals surface area contributed by atoms with E-state index in [9.17, 15) is 13.6 Å². The van der Waals surface area contributed by atoms with Crippen LogP contribution >= 0.6 is 11.3 Å². The van der Waals surface area contributed by atoms with Gasteiger partial charge in [0.2, 0.25) is 5.95 Å². The first-order valence-corrected chi connectivity index (χ1v) is 7.99. The van der Waals surface area contributed by atoms with Crippen LogP contribution < -0.4 is 10.5 Å². The molecule has 0 aliphatic carbocycles. The van der Waals surface area contributed by atoms with E-state index < -0.39 is 11.5 Å². The first-order valence-electron chi connectivity index (χ1n) is 7.17. The Morgan fingerprint density at radius 3 is 2.61 bits per heavy atom. The standard InChI is InChI=1S/C16H15F2N3OS/c1-3-20(13-6-4-11(17)5-7-13)9-12-8-14(22)21-15(18)10(2)23-16(21)19-12/h4-8H,3,9H2,1-2H3. The number of nitrogens with zero attached hydrogens (tertiary/aromatic N) is 3. The molecular formula is C16H15F2N3OS. The molecule has 4 nitrogen and oxygen atoms in total. The van der Waals surface area contributed by atoms with Crippen molar-refractivity contribution in [3.8, 4) is 0 Å². The van der Waals surface area contributed by atoms with Crippen LogP contribution in [0, 0.1) is 18.7 Å². The van der Waals surface area contributed by atoms with Crippen molar-refractivity contribution in [2.75, 3.05) is 11.4 Å². The molecule has 2 aromatic heterocycles. The largest absolute Gasteiger partial charge is 0.366 e. The zero-order valence-corrected chi connectivity index (χ0v) is 13.5. The fourth-order valence-electron chi connectivity index (χ4n) is 2.41. The summed E-state index contributed by atoms with van der Waals surface area (Å²) in [5.74, 6) is -0.855. The number of rotatable bonds is 4. The molecule has 0 saturated heterocycles. The number of aryl methyl sites for hydroxylation is 1. The first-order chi connectivity index (χ1) is 11.0. The molecule has 0 radical (unpaired) electrons. The highest BCUT2D eigenvalue weighted by atomic mass is 32.1. The van der Waals surface area contributed by atoms with E-state index in [4.69, 9.17) is 0 Å². The predicted molar refractivity (Wildman–Crippen MR) is 87.2 cm³/mol. The highest BCUT2D eigenvalue weighted by molar-refractivity contribution is 7.16. The van der Waals surface area contributed by atoms with E-state index in [1.807, 2.05) is 11.8 Å². The number of fused-ring (bicyclic) bond motifs is 1. The summed E-state index contributed by atoms with van der Waals surface area (Å²) in [4.78, 5) is 19.2. The molecule has 0 N–H and O–H groups in total. The van der Waals surface area contributed by atoms with E-state index in [0.29, 0.717) is 28.6 Å². The van der Waals surface area contributed by atoms with Gasteiger partial charge in [-0.2, -0.15) is 4.39 Å². The van der Waals surface area contributed by atoms with Crippen molar-refractivity contribution in [2.24, 2.45) is 0 Å². The van der Waals surface area contributed by atoms with Gasteiger partial charge in [-0.05, 0) is 38.1 Å². The molecular weight excluding hydrogens is 320 g/mol. The number of halogens is 2. The summed E-state index contributed by atoms with van der Waals surface area (Å²) in [6.45, 7) is 4.64. The molecule has 1 aromatic carbocycles. The van der Waals surface area contributed by atoms with E-state index in [0.717, 1.165) is 21.4 Å². The molecule has 3 aromatic rings. The first kappa shape index (κ1) is 15.6. The summed E-state index contributed by atoms with van der Waals surface area (Å²) < 4.78 is 27.9. The van der Waals surface area contributed by atoms with Crippen molar-refractivity contribution in [3.63, 3.8) is 0 Å². The predicted octanol–water partition coefficient (Wildman–Crippen LogP) is 3.37. The van der Waals surface area contributed by atoms with Crippen molar-refractivity contribution in [3.05, 3.63) is 63.0 Å². The van der Waals surface area contributed by atoms with Gasteiger partial charge in [-0.3, -0.25) is 4.79 Å². The molecule has 0 bridgehead atoms. The zero-order chi connectivity index (χ0) is 16.6. The van der Waals surface area contributed by atoms with Crippen molar-refractivity contribution < 1.29 is 8.78 Å². The summed E-state index contributed by atoms with van der Waals surface area (Å²) in [7, 11) is 0. The van der Waals surface area contributed by atoms with E-state index in [-0.39, 0.29) is 5.82 Å². The highest BCUT2D eigenvalue weighted by Crippen LogP contribution is 2.20. The second-order valence-electron chi connectivity index (χ2n) is 5.14.